The van der Waals surface area contributed by atoms with Crippen LogP contribution in [0.1, 0.15) is 39.7 Å². The van der Waals surface area contributed by atoms with Crippen molar-refractivity contribution in [2.24, 2.45) is 0 Å². The maximum atomic E-state index is 4.64. The molecule has 0 bridgehead atoms. The summed E-state index contributed by atoms with van der Waals surface area (Å²) >= 11 is 0. The van der Waals surface area contributed by atoms with Gasteiger partial charge >= 0.3 is 0 Å². The number of fused-ring (bicyclic) bond motifs is 1. The summed E-state index contributed by atoms with van der Waals surface area (Å²) in [4.78, 5) is 4.64. The molecule has 2 aromatic carbocycles. The molecule has 3 heteroatoms. The van der Waals surface area contributed by atoms with Crippen molar-refractivity contribution < 1.29 is 0 Å². The van der Waals surface area contributed by atoms with Gasteiger partial charge in [-0.15, -0.1) is 0 Å². The predicted molar refractivity (Wildman–Crippen MR) is 116 cm³/mol. The first-order valence-electron chi connectivity index (χ1n) is 9.69. The average molecular weight is 360 g/mol. The van der Waals surface area contributed by atoms with Crippen molar-refractivity contribution in [3.05, 3.63) is 78.8 Å². The van der Waals surface area contributed by atoms with Crippen LogP contribution in [0, 0.1) is 6.92 Å². The van der Waals surface area contributed by atoms with E-state index in [-0.39, 0.29) is 0 Å². The fraction of sp³-hybridized carbons (Fsp3) is 0.250. The molecule has 0 saturated heterocycles. The van der Waals surface area contributed by atoms with Crippen LogP contribution in [0.25, 0.3) is 27.9 Å². The molecule has 0 amide bonds. The van der Waals surface area contributed by atoms with Crippen LogP contribution in [-0.4, -0.2) is 14.6 Å². The molecule has 0 aliphatic carbocycles. The molecule has 0 aliphatic heterocycles. The van der Waals surface area contributed by atoms with Crippen LogP contribution in [0.2, 0.25) is 0 Å². The lowest BCUT2D eigenvalue weighted by atomic mass is 10.0. The Labute approximate surface area is 162 Å². The van der Waals surface area contributed by atoms with Crippen LogP contribution in [0.4, 0.5) is 0 Å². The Morgan fingerprint density at radius 2 is 1.41 bits per heavy atom. The number of nitrogens with zero attached hydrogens (tertiary/aromatic N) is 3. The van der Waals surface area contributed by atoms with Crippen LogP contribution in [-0.2, 0) is 0 Å². The molecule has 0 spiro atoms. The zero-order valence-corrected chi connectivity index (χ0v) is 17.0. The van der Waals surface area contributed by atoms with Crippen LogP contribution >= 0.6 is 0 Å². The number of aryl methyl sites for hydroxylation is 1. The highest BCUT2D eigenvalue weighted by Gasteiger charge is 2.10. The van der Waals surface area contributed by atoms with Gasteiger partial charge in [0.15, 0.2) is 5.65 Å². The highest BCUT2D eigenvalue weighted by atomic mass is 15.2. The fourth-order valence-corrected chi connectivity index (χ4v) is 2.72. The molecule has 0 radical (unpaired) electrons. The van der Waals surface area contributed by atoms with Crippen molar-refractivity contribution >= 4 is 5.65 Å². The van der Waals surface area contributed by atoms with E-state index in [2.05, 4.69) is 55.1 Å². The third-order valence-corrected chi connectivity index (χ3v) is 3.90. The number of hydrogen-bond acceptors (Lipinski definition) is 2. The van der Waals surface area contributed by atoms with Crippen LogP contribution in [0.15, 0.2) is 73.2 Å². The largest absolute Gasteiger partial charge is 0.236 e. The SMILES string of the molecule is CC.CCC.Cc1ccccc1-c1cnn2cc(-c3ccccc3)cnc12. The van der Waals surface area contributed by atoms with Crippen molar-refractivity contribution in [1.29, 1.82) is 0 Å². The van der Waals surface area contributed by atoms with Gasteiger partial charge in [-0.2, -0.15) is 5.10 Å². The monoisotopic (exact) mass is 359 g/mol. The quantitative estimate of drug-likeness (QED) is 0.393. The maximum Gasteiger partial charge on any atom is 0.162 e. The molecule has 0 atom stereocenters. The van der Waals surface area contributed by atoms with Crippen LogP contribution < -0.4 is 0 Å². The van der Waals surface area contributed by atoms with Crippen molar-refractivity contribution in [3.8, 4) is 22.3 Å². The summed E-state index contributed by atoms with van der Waals surface area (Å²) in [5.41, 5.74) is 6.56. The molecule has 0 fully saturated rings. The minimum Gasteiger partial charge on any atom is -0.236 e. The highest BCUT2D eigenvalue weighted by Crippen LogP contribution is 2.27. The molecule has 2 heterocycles. The summed E-state index contributed by atoms with van der Waals surface area (Å²) in [6.45, 7) is 10.4. The molecule has 2 aromatic heterocycles. The fourth-order valence-electron chi connectivity index (χ4n) is 2.72. The molecular formula is C24H29N3. The van der Waals surface area contributed by atoms with Gasteiger partial charge in [0, 0.05) is 23.5 Å². The van der Waals surface area contributed by atoms with Gasteiger partial charge in [0.25, 0.3) is 0 Å². The molecule has 0 saturated carbocycles. The van der Waals surface area contributed by atoms with Crippen molar-refractivity contribution in [2.75, 3.05) is 0 Å². The maximum absolute atomic E-state index is 4.64. The van der Waals surface area contributed by atoms with E-state index in [1.165, 1.54) is 17.5 Å². The van der Waals surface area contributed by atoms with Crippen molar-refractivity contribution in [3.63, 3.8) is 0 Å². The van der Waals surface area contributed by atoms with Gasteiger partial charge in [0.1, 0.15) is 0 Å². The van der Waals surface area contributed by atoms with E-state index >= 15 is 0 Å². The van der Waals surface area contributed by atoms with E-state index < -0.39 is 0 Å². The van der Waals surface area contributed by atoms with Gasteiger partial charge in [-0.05, 0) is 23.6 Å². The third kappa shape index (κ3) is 4.82. The summed E-state index contributed by atoms with van der Waals surface area (Å²) in [5, 5.41) is 4.48. The van der Waals surface area contributed by atoms with Gasteiger partial charge in [0.05, 0.1) is 6.20 Å². The van der Waals surface area contributed by atoms with Gasteiger partial charge in [-0.3, -0.25) is 0 Å². The van der Waals surface area contributed by atoms with Crippen LogP contribution in [0.5, 0.6) is 0 Å². The van der Waals surface area contributed by atoms with Gasteiger partial charge in [-0.25, -0.2) is 9.50 Å². The summed E-state index contributed by atoms with van der Waals surface area (Å²) in [6.07, 6.45) is 7.08. The number of aromatic nitrogens is 3. The first-order valence-corrected chi connectivity index (χ1v) is 9.69. The van der Waals surface area contributed by atoms with Gasteiger partial charge in [0.2, 0.25) is 0 Å². The lowest BCUT2D eigenvalue weighted by molar-refractivity contribution is 0.941. The zero-order chi connectivity index (χ0) is 19.6. The number of benzene rings is 2. The molecular weight excluding hydrogens is 330 g/mol. The molecule has 4 rings (SSSR count). The summed E-state index contributed by atoms with van der Waals surface area (Å²) in [7, 11) is 0. The Morgan fingerprint density at radius 3 is 2.07 bits per heavy atom. The first-order chi connectivity index (χ1) is 13.2. The van der Waals surface area contributed by atoms with Gasteiger partial charge < -0.3 is 0 Å². The Morgan fingerprint density at radius 1 is 0.778 bits per heavy atom. The molecule has 3 nitrogen and oxygen atoms in total. The Hall–Kier alpha value is -2.94. The van der Waals surface area contributed by atoms with E-state index in [1.807, 2.05) is 67.3 Å². The van der Waals surface area contributed by atoms with Gasteiger partial charge in [-0.1, -0.05) is 88.7 Å². The second-order valence-electron chi connectivity index (χ2n) is 6.06. The number of hydrogen-bond donors (Lipinski definition) is 0. The lowest BCUT2D eigenvalue weighted by Crippen LogP contribution is -1.92. The standard InChI is InChI=1S/C19H15N3.C3H8.C2H6/c1-14-7-5-6-10-17(14)18-12-21-22-13-16(11-20-19(18)22)15-8-3-2-4-9-15;1-3-2;1-2/h2-13H,1H3;3H2,1-2H3;1-2H3. The second kappa shape index (κ2) is 10.3. The zero-order valence-electron chi connectivity index (χ0n) is 17.0. The van der Waals surface area contributed by atoms with E-state index in [0.717, 1.165) is 22.3 Å². The minimum atomic E-state index is 0.883. The molecule has 4 aromatic rings. The molecule has 140 valence electrons. The Balaban J connectivity index is 0.000000478. The topological polar surface area (TPSA) is 30.2 Å². The predicted octanol–water partition coefficient (Wildman–Crippen LogP) is 6.81. The first kappa shape index (κ1) is 20.4. The smallest absolute Gasteiger partial charge is 0.162 e. The van der Waals surface area contributed by atoms with Crippen LogP contribution in [0.3, 0.4) is 0 Å². The second-order valence-corrected chi connectivity index (χ2v) is 6.06. The molecule has 0 aliphatic rings. The summed E-state index contributed by atoms with van der Waals surface area (Å²) in [5.74, 6) is 0. The minimum absolute atomic E-state index is 0.883. The summed E-state index contributed by atoms with van der Waals surface area (Å²) < 4.78 is 1.85. The molecule has 27 heavy (non-hydrogen) atoms. The third-order valence-electron chi connectivity index (χ3n) is 3.90. The highest BCUT2D eigenvalue weighted by molar-refractivity contribution is 5.79. The van der Waals surface area contributed by atoms with E-state index in [9.17, 15) is 0 Å². The average Bonchev–Trinajstić information content (AvgIpc) is 3.14. The lowest BCUT2D eigenvalue weighted by Gasteiger charge is -2.04. The Bertz CT molecular complexity index is 956. The van der Waals surface area contributed by atoms with Crippen molar-refractivity contribution in [2.45, 2.75) is 41.0 Å². The normalized spacial score (nSPS) is 9.81. The van der Waals surface area contributed by atoms with Crippen molar-refractivity contribution in [1.82, 2.24) is 14.6 Å². The van der Waals surface area contributed by atoms with E-state index in [1.54, 1.807) is 0 Å². The Kier molecular flexibility index (Phi) is 7.75. The summed E-state index contributed by atoms with van der Waals surface area (Å²) in [6, 6.07) is 18.5. The van der Waals surface area contributed by atoms with E-state index in [4.69, 9.17) is 0 Å². The molecule has 0 unspecified atom stereocenters. The van der Waals surface area contributed by atoms with E-state index in [0.29, 0.717) is 0 Å². The number of rotatable bonds is 2. The molecule has 0 N–H and O–H groups in total.